The molecule has 1 unspecified atom stereocenters. The molecule has 1 atom stereocenters. The molecule has 27 heavy (non-hydrogen) atoms. The lowest BCUT2D eigenvalue weighted by Crippen LogP contribution is -2.37. The summed E-state index contributed by atoms with van der Waals surface area (Å²) in [6, 6.07) is 10.0. The van der Waals surface area contributed by atoms with Gasteiger partial charge in [0.2, 0.25) is 0 Å². The van der Waals surface area contributed by atoms with E-state index in [2.05, 4.69) is 37.0 Å². The van der Waals surface area contributed by atoms with Crippen molar-refractivity contribution in [3.63, 3.8) is 0 Å². The Hall–Kier alpha value is -2.23. The fourth-order valence-corrected chi connectivity index (χ4v) is 4.55. The van der Waals surface area contributed by atoms with Crippen molar-refractivity contribution in [2.45, 2.75) is 62.7 Å². The lowest BCUT2D eigenvalue weighted by atomic mass is 9.62. The normalized spacial score (nSPS) is 24.9. The summed E-state index contributed by atoms with van der Waals surface area (Å²) in [5, 5.41) is 9.10. The van der Waals surface area contributed by atoms with Crippen molar-refractivity contribution in [2.75, 3.05) is 6.67 Å². The van der Waals surface area contributed by atoms with Gasteiger partial charge >= 0.3 is 5.97 Å². The van der Waals surface area contributed by atoms with Gasteiger partial charge in [0.1, 0.15) is 0 Å². The van der Waals surface area contributed by atoms with Gasteiger partial charge in [0, 0.05) is 17.0 Å². The quantitative estimate of drug-likeness (QED) is 0.812. The van der Waals surface area contributed by atoms with E-state index in [1.54, 1.807) is 6.07 Å². The van der Waals surface area contributed by atoms with Gasteiger partial charge in [-0.15, -0.1) is 0 Å². The molecule has 2 aliphatic carbocycles. The fourth-order valence-electron chi connectivity index (χ4n) is 4.55. The summed E-state index contributed by atoms with van der Waals surface area (Å²) in [6.45, 7) is 6.16. The van der Waals surface area contributed by atoms with Crippen LogP contribution >= 0.6 is 0 Å². The highest BCUT2D eigenvalue weighted by atomic mass is 19.1. The van der Waals surface area contributed by atoms with Crippen molar-refractivity contribution in [3.05, 3.63) is 64.5 Å². The molecule has 0 aliphatic heterocycles. The van der Waals surface area contributed by atoms with Crippen molar-refractivity contribution in [2.24, 2.45) is 0 Å². The second kappa shape index (κ2) is 5.88. The second-order valence-corrected chi connectivity index (χ2v) is 9.16. The third kappa shape index (κ3) is 2.77. The van der Waals surface area contributed by atoms with E-state index in [-0.39, 0.29) is 23.1 Å². The number of hydrogen-bond donors (Lipinski definition) is 1. The van der Waals surface area contributed by atoms with Crippen molar-refractivity contribution in [3.8, 4) is 0 Å². The van der Waals surface area contributed by atoms with Gasteiger partial charge in [0.25, 0.3) is 0 Å². The van der Waals surface area contributed by atoms with E-state index in [1.807, 2.05) is 13.0 Å². The monoisotopic (exact) mass is 367 g/mol. The highest BCUT2D eigenvalue weighted by Crippen LogP contribution is 2.55. The zero-order chi connectivity index (χ0) is 19.4. The smallest absolute Gasteiger partial charge is 0.337 e. The number of alkyl halides is 1. The van der Waals surface area contributed by atoms with Crippen LogP contribution in [-0.4, -0.2) is 22.7 Å². The number of aromatic carboxylic acids is 1. The number of pyridine rings is 1. The summed E-state index contributed by atoms with van der Waals surface area (Å²) in [7, 11) is 0. The van der Waals surface area contributed by atoms with E-state index in [1.165, 1.54) is 17.3 Å². The van der Waals surface area contributed by atoms with Gasteiger partial charge in [-0.05, 0) is 59.9 Å². The highest BCUT2D eigenvalue weighted by Gasteiger charge is 2.49. The molecule has 0 bridgehead atoms. The van der Waals surface area contributed by atoms with Gasteiger partial charge in [-0.1, -0.05) is 39.0 Å². The van der Waals surface area contributed by atoms with Gasteiger partial charge in [0.05, 0.1) is 17.9 Å². The number of benzene rings is 1. The first-order valence-corrected chi connectivity index (χ1v) is 9.63. The fraction of sp³-hybridized carbons (Fsp3) is 0.478. The Morgan fingerprint density at radius 2 is 1.81 bits per heavy atom. The molecule has 1 saturated carbocycles. The summed E-state index contributed by atoms with van der Waals surface area (Å²) >= 11 is 0. The van der Waals surface area contributed by atoms with Crippen LogP contribution in [0.2, 0.25) is 0 Å². The predicted octanol–water partition coefficient (Wildman–Crippen LogP) is 5.16. The second-order valence-electron chi connectivity index (χ2n) is 9.16. The van der Waals surface area contributed by atoms with Crippen molar-refractivity contribution >= 4 is 5.97 Å². The van der Waals surface area contributed by atoms with Crippen molar-refractivity contribution in [1.29, 1.82) is 0 Å². The van der Waals surface area contributed by atoms with Gasteiger partial charge in [0.15, 0.2) is 0 Å². The van der Waals surface area contributed by atoms with Crippen LogP contribution in [0.5, 0.6) is 0 Å². The predicted molar refractivity (Wildman–Crippen MR) is 103 cm³/mol. The van der Waals surface area contributed by atoms with E-state index in [4.69, 9.17) is 5.11 Å². The molecule has 142 valence electrons. The molecular weight excluding hydrogens is 341 g/mol. The number of nitrogens with zero attached hydrogens (tertiary/aromatic N) is 1. The number of rotatable bonds is 4. The SMILES string of the molecule is CC1(C)CCC(C)(CF)c2cc(C3(c4ccc(C(=O)O)cn4)CC3)ccc21. The lowest BCUT2D eigenvalue weighted by molar-refractivity contribution is 0.0696. The number of fused-ring (bicyclic) bond motifs is 1. The average Bonchev–Trinajstić information content (AvgIpc) is 3.47. The molecule has 0 amide bonds. The maximum absolute atomic E-state index is 14.0. The van der Waals surface area contributed by atoms with E-state index < -0.39 is 11.4 Å². The Morgan fingerprint density at radius 1 is 1.07 bits per heavy atom. The molecule has 3 nitrogen and oxygen atoms in total. The maximum atomic E-state index is 14.0. The Kier molecular flexibility index (Phi) is 3.95. The first-order chi connectivity index (χ1) is 12.7. The van der Waals surface area contributed by atoms with Crippen molar-refractivity contribution in [1.82, 2.24) is 4.98 Å². The van der Waals surface area contributed by atoms with E-state index in [0.717, 1.165) is 36.9 Å². The molecule has 1 aromatic carbocycles. The minimum Gasteiger partial charge on any atom is -0.478 e. The Labute approximate surface area is 159 Å². The molecule has 4 rings (SSSR count). The van der Waals surface area contributed by atoms with Gasteiger partial charge in [-0.25, -0.2) is 4.79 Å². The van der Waals surface area contributed by atoms with E-state index in [0.29, 0.717) is 0 Å². The highest BCUT2D eigenvalue weighted by molar-refractivity contribution is 5.87. The molecule has 2 aliphatic rings. The molecule has 1 heterocycles. The topological polar surface area (TPSA) is 50.2 Å². The molecule has 0 radical (unpaired) electrons. The van der Waals surface area contributed by atoms with Crippen LogP contribution in [0.4, 0.5) is 4.39 Å². The number of halogens is 1. The van der Waals surface area contributed by atoms with Crippen LogP contribution in [0.15, 0.2) is 36.5 Å². The van der Waals surface area contributed by atoms with Crippen LogP contribution < -0.4 is 0 Å². The number of carboxylic acids is 1. The molecule has 0 saturated heterocycles. The summed E-state index contributed by atoms with van der Waals surface area (Å²) in [6.07, 6.45) is 5.25. The van der Waals surface area contributed by atoms with Crippen LogP contribution in [-0.2, 0) is 16.2 Å². The zero-order valence-electron chi connectivity index (χ0n) is 16.2. The lowest BCUT2D eigenvalue weighted by Gasteiger charge is -2.42. The molecule has 1 aromatic heterocycles. The Bertz CT molecular complexity index is 899. The minimum atomic E-state index is -0.964. The van der Waals surface area contributed by atoms with E-state index in [9.17, 15) is 9.18 Å². The van der Waals surface area contributed by atoms with Crippen LogP contribution in [0.25, 0.3) is 0 Å². The summed E-state index contributed by atoms with van der Waals surface area (Å²) in [4.78, 5) is 15.6. The number of aromatic nitrogens is 1. The molecule has 1 N–H and O–H groups in total. The van der Waals surface area contributed by atoms with Gasteiger partial charge in [-0.3, -0.25) is 9.37 Å². The van der Waals surface area contributed by atoms with Crippen molar-refractivity contribution < 1.29 is 14.3 Å². The third-order valence-electron chi connectivity index (χ3n) is 6.80. The molecule has 2 aromatic rings. The number of carboxylic acid groups (broad SMARTS) is 1. The Balaban J connectivity index is 1.79. The third-order valence-corrected chi connectivity index (χ3v) is 6.80. The molecular formula is C23H26FNO2. The van der Waals surface area contributed by atoms with Gasteiger partial charge in [-0.2, -0.15) is 0 Å². The molecule has 4 heteroatoms. The number of carbonyl (C=O) groups is 1. The summed E-state index contributed by atoms with van der Waals surface area (Å²) in [5.74, 6) is -0.964. The summed E-state index contributed by atoms with van der Waals surface area (Å²) < 4.78 is 14.0. The van der Waals surface area contributed by atoms with Crippen LogP contribution in [0, 0.1) is 0 Å². The first kappa shape index (κ1) is 18.1. The standard InChI is InChI=1S/C23H26FNO2/c1-21(2)8-9-22(3,14-24)18-12-16(5-6-17(18)21)23(10-11-23)19-7-4-15(13-25-19)20(26)27/h4-7,12-13H,8-11,14H2,1-3H3,(H,26,27). The maximum Gasteiger partial charge on any atom is 0.337 e. The summed E-state index contributed by atoms with van der Waals surface area (Å²) in [5.41, 5.74) is 4.13. The molecule has 1 fully saturated rings. The first-order valence-electron chi connectivity index (χ1n) is 9.63. The minimum absolute atomic E-state index is 0.0562. The van der Waals surface area contributed by atoms with E-state index >= 15 is 0 Å². The van der Waals surface area contributed by atoms with Crippen LogP contribution in [0.3, 0.4) is 0 Å². The molecule has 0 spiro atoms. The Morgan fingerprint density at radius 3 is 2.37 bits per heavy atom. The van der Waals surface area contributed by atoms with Gasteiger partial charge < -0.3 is 5.11 Å². The average molecular weight is 367 g/mol. The number of hydrogen-bond acceptors (Lipinski definition) is 2. The van der Waals surface area contributed by atoms with Crippen LogP contribution in [0.1, 0.15) is 79.2 Å². The zero-order valence-corrected chi connectivity index (χ0v) is 16.2. The largest absolute Gasteiger partial charge is 0.478 e.